The molecule has 4 nitrogen and oxygen atoms in total. The van der Waals surface area contributed by atoms with Crippen LogP contribution in [0.25, 0.3) is 0 Å². The number of unbranched alkanes of at least 4 members (excludes halogenated alkanes) is 4. The second kappa shape index (κ2) is 13.2. The van der Waals surface area contributed by atoms with Crippen LogP contribution in [0.1, 0.15) is 71.1 Å². The maximum atomic E-state index is 12.2. The fourth-order valence-corrected chi connectivity index (χ4v) is 3.02. The van der Waals surface area contributed by atoms with Crippen molar-refractivity contribution in [1.82, 2.24) is 4.90 Å². The van der Waals surface area contributed by atoms with Gasteiger partial charge in [-0.05, 0) is 38.5 Å². The van der Waals surface area contributed by atoms with Crippen LogP contribution in [0.5, 0.6) is 0 Å². The van der Waals surface area contributed by atoms with E-state index in [1.807, 2.05) is 17.1 Å². The maximum absolute atomic E-state index is 12.2. The predicted octanol–water partition coefficient (Wildman–Crippen LogP) is 3.58. The lowest BCUT2D eigenvalue weighted by molar-refractivity contribution is -0.134. The van der Waals surface area contributed by atoms with Gasteiger partial charge in [-0.1, -0.05) is 50.5 Å². The van der Waals surface area contributed by atoms with Crippen LogP contribution in [0.2, 0.25) is 0 Å². The minimum absolute atomic E-state index is 0.106. The molecule has 0 aromatic rings. The smallest absolute Gasteiger partial charge is 0.223 e. The van der Waals surface area contributed by atoms with E-state index in [9.17, 15) is 9.90 Å². The molecule has 2 atom stereocenters. The molecule has 2 N–H and O–H groups in total. The molecule has 4 heteroatoms. The van der Waals surface area contributed by atoms with Gasteiger partial charge in [-0.3, -0.25) is 4.79 Å². The molecule has 1 fully saturated rings. The number of carbonyl (C=O) groups excluding carboxylic acids is 1. The third-order valence-corrected chi connectivity index (χ3v) is 4.52. The minimum atomic E-state index is -0.399. The second-order valence-electron chi connectivity index (χ2n) is 6.64. The van der Waals surface area contributed by atoms with Crippen molar-refractivity contribution in [2.45, 2.75) is 83.3 Å². The summed E-state index contributed by atoms with van der Waals surface area (Å²) in [4.78, 5) is 14.1. The van der Waals surface area contributed by atoms with E-state index in [4.69, 9.17) is 5.11 Å². The Bertz CT molecular complexity index is 392. The zero-order valence-electron chi connectivity index (χ0n) is 15.2. The zero-order valence-corrected chi connectivity index (χ0v) is 15.2. The Morgan fingerprint density at radius 1 is 1.25 bits per heavy atom. The maximum Gasteiger partial charge on any atom is 0.223 e. The fraction of sp³-hybridized carbons (Fsp3) is 0.750. The van der Waals surface area contributed by atoms with E-state index in [-0.39, 0.29) is 18.6 Å². The highest BCUT2D eigenvalue weighted by atomic mass is 16.3. The molecule has 0 spiro atoms. The summed E-state index contributed by atoms with van der Waals surface area (Å²) >= 11 is 0. The van der Waals surface area contributed by atoms with Gasteiger partial charge in [-0.15, -0.1) is 0 Å². The molecule has 138 valence electrons. The minimum Gasteiger partial charge on any atom is -0.396 e. The van der Waals surface area contributed by atoms with Gasteiger partial charge < -0.3 is 15.1 Å². The average molecular weight is 338 g/mol. The van der Waals surface area contributed by atoms with Gasteiger partial charge in [0, 0.05) is 19.6 Å². The third-order valence-electron chi connectivity index (χ3n) is 4.52. The number of aliphatic hydroxyl groups excluding tert-OH is 2. The van der Waals surface area contributed by atoms with E-state index in [0.717, 1.165) is 57.8 Å². The number of piperidine rings is 1. The largest absolute Gasteiger partial charge is 0.396 e. The first-order valence-electron chi connectivity index (χ1n) is 9.60. The predicted molar refractivity (Wildman–Crippen MR) is 98.7 cm³/mol. The highest BCUT2D eigenvalue weighted by molar-refractivity contribution is 5.77. The van der Waals surface area contributed by atoms with Gasteiger partial charge >= 0.3 is 0 Å². The molecule has 0 bridgehead atoms. The number of allylic oxidation sites excluding steroid dienone is 1. The van der Waals surface area contributed by atoms with Gasteiger partial charge in [0.1, 0.15) is 0 Å². The van der Waals surface area contributed by atoms with Crippen LogP contribution in [0.4, 0.5) is 0 Å². The van der Waals surface area contributed by atoms with Crippen LogP contribution in [-0.2, 0) is 4.79 Å². The first kappa shape index (κ1) is 20.9. The molecule has 1 unspecified atom stereocenters. The van der Waals surface area contributed by atoms with E-state index in [1.54, 1.807) is 0 Å². The van der Waals surface area contributed by atoms with Crippen molar-refractivity contribution in [1.29, 1.82) is 0 Å². The number of amides is 1. The first-order chi connectivity index (χ1) is 11.7. The van der Waals surface area contributed by atoms with Gasteiger partial charge in [0.2, 0.25) is 5.91 Å². The highest BCUT2D eigenvalue weighted by Crippen LogP contribution is 2.20. The van der Waals surface area contributed by atoms with Crippen LogP contribution < -0.4 is 0 Å². The summed E-state index contributed by atoms with van der Waals surface area (Å²) in [7, 11) is 0. The van der Waals surface area contributed by atoms with E-state index >= 15 is 0 Å². The molecule has 1 rings (SSSR count). The normalized spacial score (nSPS) is 20.4. The van der Waals surface area contributed by atoms with Gasteiger partial charge in [0.15, 0.2) is 0 Å². The summed E-state index contributed by atoms with van der Waals surface area (Å²) in [5.41, 5.74) is 0. The van der Waals surface area contributed by atoms with Crippen molar-refractivity contribution in [3.63, 3.8) is 0 Å². The van der Waals surface area contributed by atoms with Gasteiger partial charge in [-0.25, -0.2) is 0 Å². The third kappa shape index (κ3) is 8.65. The molecular formula is C20H35NO3. The standard InChI is InChI=1S/C20H35NO3/c1-2-3-7-12-19(23)15-14-18-11-10-13-20(24)21(18)16-8-5-4-6-9-17-22/h5,8,14-15,18-19,22-23H,2-4,6-7,9-13,16-17H2,1H3/t18-,19?/m1/s1. The summed E-state index contributed by atoms with van der Waals surface area (Å²) in [6.07, 6.45) is 17.1. The van der Waals surface area contributed by atoms with Gasteiger partial charge in [0.05, 0.1) is 12.1 Å². The molecular weight excluding hydrogens is 302 g/mol. The Kier molecular flexibility index (Phi) is 11.5. The van der Waals surface area contributed by atoms with Crippen LogP contribution in [0.15, 0.2) is 24.3 Å². The monoisotopic (exact) mass is 337 g/mol. The Morgan fingerprint density at radius 3 is 2.83 bits per heavy atom. The lowest BCUT2D eigenvalue weighted by atomic mass is 10.00. The molecule has 1 aliphatic rings. The summed E-state index contributed by atoms with van der Waals surface area (Å²) in [5.74, 6) is 0.205. The quantitative estimate of drug-likeness (QED) is 0.423. The molecule has 24 heavy (non-hydrogen) atoms. The summed E-state index contributed by atoms with van der Waals surface area (Å²) < 4.78 is 0. The molecule has 0 aromatic heterocycles. The number of aliphatic hydroxyl groups is 2. The summed E-state index contributed by atoms with van der Waals surface area (Å²) in [6, 6.07) is 0.106. The van der Waals surface area contributed by atoms with Crippen LogP contribution in [0.3, 0.4) is 0 Å². The number of rotatable bonds is 12. The van der Waals surface area contributed by atoms with E-state index in [1.165, 1.54) is 0 Å². The molecule has 1 heterocycles. The van der Waals surface area contributed by atoms with Crippen LogP contribution in [0, 0.1) is 0 Å². The highest BCUT2D eigenvalue weighted by Gasteiger charge is 2.25. The average Bonchev–Trinajstić information content (AvgIpc) is 2.58. The van der Waals surface area contributed by atoms with E-state index in [2.05, 4.69) is 19.1 Å². The van der Waals surface area contributed by atoms with E-state index < -0.39 is 6.10 Å². The second-order valence-corrected chi connectivity index (χ2v) is 6.64. The topological polar surface area (TPSA) is 60.8 Å². The van der Waals surface area contributed by atoms with Crippen molar-refractivity contribution in [3.05, 3.63) is 24.3 Å². The van der Waals surface area contributed by atoms with Crippen molar-refractivity contribution in [2.75, 3.05) is 13.2 Å². The number of hydrogen-bond acceptors (Lipinski definition) is 3. The molecule has 1 aliphatic heterocycles. The molecule has 1 saturated heterocycles. The zero-order chi connectivity index (χ0) is 17.6. The fourth-order valence-electron chi connectivity index (χ4n) is 3.02. The lowest BCUT2D eigenvalue weighted by Gasteiger charge is -2.33. The Morgan fingerprint density at radius 2 is 2.08 bits per heavy atom. The SMILES string of the molecule is CCCCCC(O)C=C[C@H]1CCCC(=O)N1CC=CCCCCO. The van der Waals surface area contributed by atoms with Crippen LogP contribution in [-0.4, -0.2) is 46.3 Å². The van der Waals surface area contributed by atoms with Crippen LogP contribution >= 0.6 is 0 Å². The molecule has 0 radical (unpaired) electrons. The number of carbonyl (C=O) groups is 1. The van der Waals surface area contributed by atoms with Crippen molar-refractivity contribution < 1.29 is 15.0 Å². The lowest BCUT2D eigenvalue weighted by Crippen LogP contribution is -2.42. The van der Waals surface area contributed by atoms with Gasteiger partial charge in [0.25, 0.3) is 0 Å². The van der Waals surface area contributed by atoms with Crippen molar-refractivity contribution in [3.8, 4) is 0 Å². The Labute approximate surface area is 147 Å². The molecule has 0 aliphatic carbocycles. The summed E-state index contributed by atoms with van der Waals surface area (Å²) in [6.45, 7) is 3.04. The van der Waals surface area contributed by atoms with E-state index in [0.29, 0.717) is 13.0 Å². The van der Waals surface area contributed by atoms with Crippen molar-refractivity contribution in [2.24, 2.45) is 0 Å². The first-order valence-corrected chi connectivity index (χ1v) is 9.60. The Hall–Kier alpha value is -1.13. The number of nitrogens with zero attached hydrogens (tertiary/aromatic N) is 1. The summed E-state index contributed by atoms with van der Waals surface area (Å²) in [5, 5.41) is 18.8. The van der Waals surface area contributed by atoms with Gasteiger partial charge in [-0.2, -0.15) is 0 Å². The Balaban J connectivity index is 2.45. The molecule has 1 amide bonds. The number of likely N-dealkylation sites (tertiary alicyclic amines) is 1. The molecule has 0 saturated carbocycles. The van der Waals surface area contributed by atoms with Crippen molar-refractivity contribution >= 4 is 5.91 Å². The molecule has 0 aromatic carbocycles. The number of hydrogen-bond donors (Lipinski definition) is 2.